The van der Waals surface area contributed by atoms with Gasteiger partial charge in [-0.25, -0.2) is 0 Å². The van der Waals surface area contributed by atoms with E-state index in [1.165, 1.54) is 6.54 Å². The lowest BCUT2D eigenvalue weighted by molar-refractivity contribution is -0.142. The van der Waals surface area contributed by atoms with Crippen LogP contribution in [0, 0.1) is 24.3 Å². The van der Waals surface area contributed by atoms with E-state index in [0.29, 0.717) is 0 Å². The molecule has 0 amide bonds. The smallest absolute Gasteiger partial charge is 0.308 e. The standard InChI is InChI=1S/C10H18NO2/c1-7-2-4-8(5-3-7)9(6-11)10(12)13/h6-9H,2-5,11H2,1H3,(H,12,13). The zero-order valence-corrected chi connectivity index (χ0v) is 8.07. The minimum atomic E-state index is -0.776. The Morgan fingerprint density at radius 3 is 2.38 bits per heavy atom. The van der Waals surface area contributed by atoms with E-state index < -0.39 is 11.9 Å². The Morgan fingerprint density at radius 1 is 1.46 bits per heavy atom. The summed E-state index contributed by atoms with van der Waals surface area (Å²) in [5.41, 5.74) is 5.33. The predicted octanol–water partition coefficient (Wildman–Crippen LogP) is 1.63. The van der Waals surface area contributed by atoms with Gasteiger partial charge in [0.1, 0.15) is 0 Å². The zero-order chi connectivity index (χ0) is 9.84. The van der Waals surface area contributed by atoms with Crippen LogP contribution in [-0.4, -0.2) is 11.1 Å². The minimum Gasteiger partial charge on any atom is -0.481 e. The SMILES string of the molecule is CC1CCC(C([CH]N)C(=O)O)CC1. The third-order valence-electron chi connectivity index (χ3n) is 3.06. The van der Waals surface area contributed by atoms with Gasteiger partial charge in [-0.2, -0.15) is 0 Å². The molecule has 1 radical (unpaired) electrons. The second-order valence-electron chi connectivity index (χ2n) is 4.08. The van der Waals surface area contributed by atoms with Gasteiger partial charge >= 0.3 is 5.97 Å². The van der Waals surface area contributed by atoms with Gasteiger partial charge in [0.2, 0.25) is 0 Å². The van der Waals surface area contributed by atoms with E-state index >= 15 is 0 Å². The van der Waals surface area contributed by atoms with Crippen molar-refractivity contribution in [3.8, 4) is 0 Å². The lowest BCUT2D eigenvalue weighted by Gasteiger charge is -2.29. The summed E-state index contributed by atoms with van der Waals surface area (Å²) in [7, 11) is 0. The van der Waals surface area contributed by atoms with Crippen LogP contribution in [0.2, 0.25) is 0 Å². The maximum absolute atomic E-state index is 10.8. The highest BCUT2D eigenvalue weighted by Crippen LogP contribution is 2.33. The molecule has 1 rings (SSSR count). The van der Waals surface area contributed by atoms with Crippen molar-refractivity contribution in [1.29, 1.82) is 0 Å². The summed E-state index contributed by atoms with van der Waals surface area (Å²) in [5, 5.41) is 8.88. The van der Waals surface area contributed by atoms with E-state index in [1.54, 1.807) is 0 Å². The van der Waals surface area contributed by atoms with Gasteiger partial charge in [-0.3, -0.25) is 4.79 Å². The number of hydrogen-bond acceptors (Lipinski definition) is 2. The van der Waals surface area contributed by atoms with Gasteiger partial charge in [-0.05, 0) is 24.7 Å². The van der Waals surface area contributed by atoms with E-state index in [-0.39, 0.29) is 5.92 Å². The summed E-state index contributed by atoms with van der Waals surface area (Å²) >= 11 is 0. The van der Waals surface area contributed by atoms with Crippen LogP contribution in [0.5, 0.6) is 0 Å². The molecule has 1 saturated carbocycles. The van der Waals surface area contributed by atoms with E-state index in [0.717, 1.165) is 31.6 Å². The first kappa shape index (κ1) is 10.5. The largest absolute Gasteiger partial charge is 0.481 e. The molecule has 1 atom stereocenters. The lowest BCUT2D eigenvalue weighted by Crippen LogP contribution is -2.29. The van der Waals surface area contributed by atoms with E-state index in [9.17, 15) is 4.79 Å². The molecule has 1 fully saturated rings. The number of nitrogens with two attached hydrogens (primary N) is 1. The molecule has 0 saturated heterocycles. The van der Waals surface area contributed by atoms with Crippen LogP contribution in [-0.2, 0) is 4.79 Å². The van der Waals surface area contributed by atoms with Gasteiger partial charge < -0.3 is 10.8 Å². The normalized spacial score (nSPS) is 31.2. The number of aliphatic carboxylic acids is 1. The fourth-order valence-electron chi connectivity index (χ4n) is 2.09. The maximum atomic E-state index is 10.8. The maximum Gasteiger partial charge on any atom is 0.308 e. The summed E-state index contributed by atoms with van der Waals surface area (Å²) in [4.78, 5) is 10.8. The van der Waals surface area contributed by atoms with Crippen molar-refractivity contribution >= 4 is 5.97 Å². The Morgan fingerprint density at radius 2 is 2.00 bits per heavy atom. The van der Waals surface area contributed by atoms with Gasteiger partial charge in [-0.15, -0.1) is 0 Å². The fraction of sp³-hybridized carbons (Fsp3) is 0.800. The van der Waals surface area contributed by atoms with Crippen molar-refractivity contribution in [3.05, 3.63) is 6.54 Å². The molecule has 3 N–H and O–H groups in total. The first-order chi connectivity index (χ1) is 6.15. The number of hydrogen-bond donors (Lipinski definition) is 2. The average Bonchev–Trinajstić information content (AvgIpc) is 2.09. The highest BCUT2D eigenvalue weighted by Gasteiger charge is 2.29. The molecule has 3 nitrogen and oxygen atoms in total. The number of carbonyl (C=O) groups is 1. The van der Waals surface area contributed by atoms with Gasteiger partial charge in [0.15, 0.2) is 0 Å². The van der Waals surface area contributed by atoms with Gasteiger partial charge in [0.25, 0.3) is 0 Å². The monoisotopic (exact) mass is 184 g/mol. The molecule has 1 aliphatic rings. The zero-order valence-electron chi connectivity index (χ0n) is 8.07. The highest BCUT2D eigenvalue weighted by atomic mass is 16.4. The molecule has 1 unspecified atom stereocenters. The van der Waals surface area contributed by atoms with Gasteiger partial charge in [0.05, 0.1) is 5.92 Å². The Bertz CT molecular complexity index is 174. The number of carboxylic acid groups (broad SMARTS) is 1. The van der Waals surface area contributed by atoms with E-state index in [4.69, 9.17) is 10.8 Å². The molecule has 0 aromatic rings. The Labute approximate surface area is 79.3 Å². The molecular weight excluding hydrogens is 166 g/mol. The highest BCUT2D eigenvalue weighted by molar-refractivity contribution is 5.71. The van der Waals surface area contributed by atoms with Gasteiger partial charge in [0, 0.05) is 6.54 Å². The van der Waals surface area contributed by atoms with Crippen molar-refractivity contribution < 1.29 is 9.90 Å². The molecular formula is C10H18NO2. The van der Waals surface area contributed by atoms with Crippen LogP contribution in [0.15, 0.2) is 0 Å². The van der Waals surface area contributed by atoms with Crippen LogP contribution in [0.3, 0.4) is 0 Å². The van der Waals surface area contributed by atoms with Crippen LogP contribution in [0.25, 0.3) is 0 Å². The van der Waals surface area contributed by atoms with Crippen molar-refractivity contribution in [2.45, 2.75) is 32.6 Å². The Balaban J connectivity index is 2.46. The summed E-state index contributed by atoms with van der Waals surface area (Å²) < 4.78 is 0. The summed E-state index contributed by atoms with van der Waals surface area (Å²) in [6, 6.07) is 0. The molecule has 0 spiro atoms. The average molecular weight is 184 g/mol. The van der Waals surface area contributed by atoms with Gasteiger partial charge in [-0.1, -0.05) is 19.8 Å². The second-order valence-corrected chi connectivity index (χ2v) is 4.08. The van der Waals surface area contributed by atoms with E-state index in [1.807, 2.05) is 0 Å². The van der Waals surface area contributed by atoms with Crippen LogP contribution < -0.4 is 5.73 Å². The topological polar surface area (TPSA) is 63.3 Å². The number of rotatable bonds is 3. The molecule has 3 heteroatoms. The molecule has 13 heavy (non-hydrogen) atoms. The molecule has 0 aliphatic heterocycles. The Kier molecular flexibility index (Phi) is 3.72. The fourth-order valence-corrected chi connectivity index (χ4v) is 2.09. The summed E-state index contributed by atoms with van der Waals surface area (Å²) in [5.74, 6) is -0.197. The first-order valence-electron chi connectivity index (χ1n) is 4.93. The van der Waals surface area contributed by atoms with Crippen LogP contribution in [0.1, 0.15) is 32.6 Å². The first-order valence-corrected chi connectivity index (χ1v) is 4.93. The molecule has 0 heterocycles. The number of carboxylic acids is 1. The van der Waals surface area contributed by atoms with Crippen molar-refractivity contribution in [1.82, 2.24) is 0 Å². The molecule has 1 aliphatic carbocycles. The predicted molar refractivity (Wildman–Crippen MR) is 50.7 cm³/mol. The molecule has 75 valence electrons. The summed E-state index contributed by atoms with van der Waals surface area (Å²) in [6.45, 7) is 3.56. The van der Waals surface area contributed by atoms with Crippen molar-refractivity contribution in [3.63, 3.8) is 0 Å². The van der Waals surface area contributed by atoms with E-state index in [2.05, 4.69) is 6.92 Å². The Hall–Kier alpha value is -0.570. The van der Waals surface area contributed by atoms with Crippen LogP contribution >= 0.6 is 0 Å². The summed E-state index contributed by atoms with van der Waals surface area (Å²) in [6.07, 6.45) is 4.29. The quantitative estimate of drug-likeness (QED) is 0.700. The molecule has 0 aromatic heterocycles. The van der Waals surface area contributed by atoms with Crippen LogP contribution in [0.4, 0.5) is 0 Å². The minimum absolute atomic E-state index is 0.263. The molecule has 0 aromatic carbocycles. The lowest BCUT2D eigenvalue weighted by atomic mass is 9.76. The third-order valence-corrected chi connectivity index (χ3v) is 3.06. The molecule has 0 bridgehead atoms. The van der Waals surface area contributed by atoms with Crippen molar-refractivity contribution in [2.75, 3.05) is 0 Å². The third kappa shape index (κ3) is 2.69. The second kappa shape index (κ2) is 4.61. The van der Waals surface area contributed by atoms with Crippen molar-refractivity contribution in [2.24, 2.45) is 23.5 Å².